The van der Waals surface area contributed by atoms with Gasteiger partial charge in [-0.05, 0) is 70.2 Å². The monoisotopic (exact) mass is 347 g/mol. The Bertz CT molecular complexity index is 699. The van der Waals surface area contributed by atoms with Crippen molar-refractivity contribution >= 4 is 27.4 Å². The molecule has 2 nitrogen and oxygen atoms in total. The number of anilines is 1. The molecule has 0 amide bonds. The van der Waals surface area contributed by atoms with Crippen LogP contribution in [0.15, 0.2) is 40.9 Å². The Morgan fingerprint density at radius 3 is 2.90 bits per heavy atom. The molecule has 0 bridgehead atoms. The van der Waals surface area contributed by atoms with E-state index in [1.54, 1.807) is 12.1 Å². The molecule has 1 N–H and O–H groups in total. The van der Waals surface area contributed by atoms with E-state index in [1.165, 1.54) is 11.6 Å². The average Bonchev–Trinajstić information content (AvgIpc) is 2.50. The van der Waals surface area contributed by atoms with Gasteiger partial charge in [0.1, 0.15) is 5.82 Å². The third-order valence-electron chi connectivity index (χ3n) is 3.71. The van der Waals surface area contributed by atoms with Crippen LogP contribution in [0.3, 0.4) is 0 Å². The van der Waals surface area contributed by atoms with Gasteiger partial charge in [0.25, 0.3) is 0 Å². The Balaban J connectivity index is 1.80. The molecule has 4 heteroatoms. The predicted molar refractivity (Wildman–Crippen MR) is 85.4 cm³/mol. The molecular formula is C17H15BrFNO. The molecule has 21 heavy (non-hydrogen) atoms. The Hall–Kier alpha value is -1.68. The fourth-order valence-electron chi connectivity index (χ4n) is 2.59. The van der Waals surface area contributed by atoms with Crippen LogP contribution >= 0.6 is 15.9 Å². The number of carbonyl (C=O) groups excluding carboxylic acids is 1. The van der Waals surface area contributed by atoms with Gasteiger partial charge in [0.15, 0.2) is 5.78 Å². The van der Waals surface area contributed by atoms with Crippen LogP contribution in [0.25, 0.3) is 0 Å². The minimum Gasteiger partial charge on any atom is -0.385 e. The van der Waals surface area contributed by atoms with Crippen molar-refractivity contribution in [3.63, 3.8) is 0 Å². The standard InChI is InChI=1S/C17H15BrFNO/c18-14-8-11(3-5-15(14)19)9-17(21)13-4-6-16-12(10-13)2-1-7-20-16/h3-6,8,10,20H,1-2,7,9H2. The third-order valence-corrected chi connectivity index (χ3v) is 4.32. The molecular weight excluding hydrogens is 333 g/mol. The second kappa shape index (κ2) is 5.98. The zero-order valence-corrected chi connectivity index (χ0v) is 13.0. The molecule has 0 saturated heterocycles. The molecule has 2 aromatic rings. The van der Waals surface area contributed by atoms with Gasteiger partial charge in [-0.3, -0.25) is 4.79 Å². The first-order valence-electron chi connectivity index (χ1n) is 6.97. The Kier molecular flexibility index (Phi) is 4.06. The van der Waals surface area contributed by atoms with Gasteiger partial charge in [-0.15, -0.1) is 0 Å². The first-order chi connectivity index (χ1) is 10.1. The van der Waals surface area contributed by atoms with Gasteiger partial charge in [0.05, 0.1) is 4.47 Å². The van der Waals surface area contributed by atoms with Crippen molar-refractivity contribution in [1.82, 2.24) is 0 Å². The summed E-state index contributed by atoms with van der Waals surface area (Å²) in [5.41, 5.74) is 3.86. The van der Waals surface area contributed by atoms with E-state index in [0.717, 1.165) is 36.2 Å². The number of fused-ring (bicyclic) bond motifs is 1. The predicted octanol–water partition coefficient (Wildman–Crippen LogP) is 4.37. The van der Waals surface area contributed by atoms with E-state index in [1.807, 2.05) is 18.2 Å². The maximum Gasteiger partial charge on any atom is 0.167 e. The van der Waals surface area contributed by atoms with Crippen molar-refractivity contribution in [3.8, 4) is 0 Å². The number of rotatable bonds is 3. The lowest BCUT2D eigenvalue weighted by Crippen LogP contribution is -2.13. The van der Waals surface area contributed by atoms with E-state index in [-0.39, 0.29) is 18.0 Å². The molecule has 3 rings (SSSR count). The van der Waals surface area contributed by atoms with Gasteiger partial charge in [0.2, 0.25) is 0 Å². The molecule has 0 radical (unpaired) electrons. The number of Topliss-reactive ketones (excluding diaryl/α,β-unsaturated/α-hetero) is 1. The van der Waals surface area contributed by atoms with E-state index < -0.39 is 0 Å². The largest absolute Gasteiger partial charge is 0.385 e. The maximum absolute atomic E-state index is 13.2. The Morgan fingerprint density at radius 2 is 2.10 bits per heavy atom. The number of benzene rings is 2. The fourth-order valence-corrected chi connectivity index (χ4v) is 3.01. The second-order valence-electron chi connectivity index (χ2n) is 5.25. The summed E-state index contributed by atoms with van der Waals surface area (Å²) in [5.74, 6) is -0.257. The molecule has 0 unspecified atom stereocenters. The van der Waals surface area contributed by atoms with Crippen molar-refractivity contribution in [2.24, 2.45) is 0 Å². The van der Waals surface area contributed by atoms with Crippen molar-refractivity contribution in [2.75, 3.05) is 11.9 Å². The second-order valence-corrected chi connectivity index (χ2v) is 6.11. The minimum atomic E-state index is -0.314. The quantitative estimate of drug-likeness (QED) is 0.835. The lowest BCUT2D eigenvalue weighted by atomic mass is 9.97. The molecule has 0 atom stereocenters. The van der Waals surface area contributed by atoms with E-state index in [2.05, 4.69) is 21.2 Å². The average molecular weight is 348 g/mol. The maximum atomic E-state index is 13.2. The summed E-state index contributed by atoms with van der Waals surface area (Å²) in [5, 5.41) is 3.33. The molecule has 0 aliphatic carbocycles. The molecule has 0 fully saturated rings. The van der Waals surface area contributed by atoms with Crippen LogP contribution in [0, 0.1) is 5.82 Å². The van der Waals surface area contributed by atoms with E-state index in [0.29, 0.717) is 4.47 Å². The van der Waals surface area contributed by atoms with E-state index >= 15 is 0 Å². The van der Waals surface area contributed by atoms with Crippen molar-refractivity contribution in [2.45, 2.75) is 19.3 Å². The third kappa shape index (κ3) is 3.16. The van der Waals surface area contributed by atoms with Crippen LogP contribution in [-0.4, -0.2) is 12.3 Å². The van der Waals surface area contributed by atoms with Gasteiger partial charge in [-0.2, -0.15) is 0 Å². The molecule has 0 spiro atoms. The zero-order valence-electron chi connectivity index (χ0n) is 11.5. The molecule has 1 heterocycles. The number of ketones is 1. The smallest absolute Gasteiger partial charge is 0.167 e. The van der Waals surface area contributed by atoms with Crippen LogP contribution in [0.5, 0.6) is 0 Å². The van der Waals surface area contributed by atoms with Gasteiger partial charge < -0.3 is 5.32 Å². The number of aryl methyl sites for hydroxylation is 1. The summed E-state index contributed by atoms with van der Waals surface area (Å²) in [4.78, 5) is 12.4. The summed E-state index contributed by atoms with van der Waals surface area (Å²) in [6.45, 7) is 0.990. The van der Waals surface area contributed by atoms with Gasteiger partial charge in [-0.25, -0.2) is 4.39 Å². The van der Waals surface area contributed by atoms with Crippen molar-refractivity contribution < 1.29 is 9.18 Å². The zero-order chi connectivity index (χ0) is 14.8. The Morgan fingerprint density at radius 1 is 1.24 bits per heavy atom. The normalized spacial score (nSPS) is 13.4. The van der Waals surface area contributed by atoms with Crippen LogP contribution in [-0.2, 0) is 12.8 Å². The highest BCUT2D eigenvalue weighted by Gasteiger charge is 2.13. The lowest BCUT2D eigenvalue weighted by molar-refractivity contribution is 0.0993. The highest BCUT2D eigenvalue weighted by molar-refractivity contribution is 9.10. The highest BCUT2D eigenvalue weighted by Crippen LogP contribution is 2.24. The summed E-state index contributed by atoms with van der Waals surface area (Å²) in [6, 6.07) is 10.5. The minimum absolute atomic E-state index is 0.0573. The fraction of sp³-hybridized carbons (Fsp3) is 0.235. The SMILES string of the molecule is O=C(Cc1ccc(F)c(Br)c1)c1ccc2c(c1)CCCN2. The van der Waals surface area contributed by atoms with Gasteiger partial charge >= 0.3 is 0 Å². The number of hydrogen-bond donors (Lipinski definition) is 1. The summed E-state index contributed by atoms with van der Waals surface area (Å²) in [7, 11) is 0. The number of halogens is 2. The van der Waals surface area contributed by atoms with Crippen LogP contribution < -0.4 is 5.32 Å². The van der Waals surface area contributed by atoms with Gasteiger partial charge in [-0.1, -0.05) is 6.07 Å². The molecule has 1 aliphatic heterocycles. The molecule has 2 aromatic carbocycles. The van der Waals surface area contributed by atoms with Crippen molar-refractivity contribution in [3.05, 3.63) is 63.4 Å². The number of nitrogens with one attached hydrogen (secondary N) is 1. The topological polar surface area (TPSA) is 29.1 Å². The number of carbonyl (C=O) groups is 1. The first kappa shape index (κ1) is 14.3. The summed E-state index contributed by atoms with van der Waals surface area (Å²) < 4.78 is 13.6. The van der Waals surface area contributed by atoms with Gasteiger partial charge in [0, 0.05) is 24.2 Å². The van der Waals surface area contributed by atoms with Crippen molar-refractivity contribution in [1.29, 1.82) is 0 Å². The summed E-state index contributed by atoms with van der Waals surface area (Å²) in [6.07, 6.45) is 2.38. The summed E-state index contributed by atoms with van der Waals surface area (Å²) >= 11 is 3.15. The Labute approximate surface area is 131 Å². The van der Waals surface area contributed by atoms with E-state index in [9.17, 15) is 9.18 Å². The van der Waals surface area contributed by atoms with E-state index in [4.69, 9.17) is 0 Å². The molecule has 0 saturated carbocycles. The highest BCUT2D eigenvalue weighted by atomic mass is 79.9. The molecule has 1 aliphatic rings. The van der Waals surface area contributed by atoms with Crippen LogP contribution in [0.1, 0.15) is 27.9 Å². The first-order valence-corrected chi connectivity index (χ1v) is 7.77. The molecule has 0 aromatic heterocycles. The van der Waals surface area contributed by atoms with Crippen LogP contribution in [0.4, 0.5) is 10.1 Å². The van der Waals surface area contributed by atoms with Crippen LogP contribution in [0.2, 0.25) is 0 Å². The number of hydrogen-bond acceptors (Lipinski definition) is 2. The lowest BCUT2D eigenvalue weighted by Gasteiger charge is -2.18. The molecule has 108 valence electrons.